The largest absolute Gasteiger partial charge is 0.327 e. The van der Waals surface area contributed by atoms with Gasteiger partial charge >= 0.3 is 0 Å². The van der Waals surface area contributed by atoms with Gasteiger partial charge in [-0.3, -0.25) is 4.68 Å². The Balaban J connectivity index is 2.35. The van der Waals surface area contributed by atoms with Crippen molar-refractivity contribution < 1.29 is 0 Å². The second-order valence-corrected chi connectivity index (χ2v) is 3.58. The summed E-state index contributed by atoms with van der Waals surface area (Å²) in [4.78, 5) is 0. The molecular formula is C13H15N3. The van der Waals surface area contributed by atoms with Crippen LogP contribution >= 0.6 is 0 Å². The summed E-state index contributed by atoms with van der Waals surface area (Å²) < 4.78 is 1.86. The van der Waals surface area contributed by atoms with E-state index in [2.05, 4.69) is 23.3 Å². The number of nitrogens with two attached hydrogens (primary N) is 1. The summed E-state index contributed by atoms with van der Waals surface area (Å²) in [6.45, 7) is 0.547. The third-order valence-corrected chi connectivity index (χ3v) is 2.41. The van der Waals surface area contributed by atoms with E-state index in [1.165, 1.54) is 0 Å². The van der Waals surface area contributed by atoms with E-state index in [0.29, 0.717) is 6.54 Å². The molecule has 0 saturated carbocycles. The Morgan fingerprint density at radius 2 is 2.06 bits per heavy atom. The molecule has 3 heteroatoms. The fraction of sp³-hybridized carbons (Fsp3) is 0.154. The molecule has 0 spiro atoms. The molecule has 0 atom stereocenters. The minimum Gasteiger partial charge on any atom is -0.327 e. The van der Waals surface area contributed by atoms with Crippen LogP contribution in [0.15, 0.2) is 42.5 Å². The zero-order chi connectivity index (χ0) is 11.4. The zero-order valence-electron chi connectivity index (χ0n) is 9.30. The van der Waals surface area contributed by atoms with Gasteiger partial charge in [-0.15, -0.1) is 0 Å². The van der Waals surface area contributed by atoms with Crippen molar-refractivity contribution in [2.24, 2.45) is 12.8 Å². The lowest BCUT2D eigenvalue weighted by Crippen LogP contribution is -1.95. The highest BCUT2D eigenvalue weighted by molar-refractivity contribution is 5.62. The predicted molar refractivity (Wildman–Crippen MR) is 66.7 cm³/mol. The molecule has 0 radical (unpaired) electrons. The van der Waals surface area contributed by atoms with Crippen molar-refractivity contribution in [2.45, 2.75) is 0 Å². The molecule has 16 heavy (non-hydrogen) atoms. The number of rotatable bonds is 3. The molecule has 0 bridgehead atoms. The molecule has 3 nitrogen and oxygen atoms in total. The second-order valence-electron chi connectivity index (χ2n) is 3.58. The second kappa shape index (κ2) is 4.77. The van der Waals surface area contributed by atoms with Gasteiger partial charge in [-0.2, -0.15) is 5.10 Å². The maximum atomic E-state index is 5.43. The van der Waals surface area contributed by atoms with Crippen LogP contribution in [0.2, 0.25) is 0 Å². The molecule has 2 N–H and O–H groups in total. The number of nitrogens with zero attached hydrogens (tertiary/aromatic N) is 2. The van der Waals surface area contributed by atoms with Crippen molar-refractivity contribution in [3.63, 3.8) is 0 Å². The highest BCUT2D eigenvalue weighted by atomic mass is 15.3. The smallest absolute Gasteiger partial charge is 0.0929 e. The maximum absolute atomic E-state index is 5.43. The molecule has 1 aromatic heterocycles. The van der Waals surface area contributed by atoms with Crippen molar-refractivity contribution in [3.8, 4) is 11.3 Å². The summed E-state index contributed by atoms with van der Waals surface area (Å²) in [5, 5.41) is 4.46. The average molecular weight is 213 g/mol. The van der Waals surface area contributed by atoms with Crippen molar-refractivity contribution in [1.29, 1.82) is 0 Å². The molecule has 82 valence electrons. The fourth-order valence-corrected chi connectivity index (χ4v) is 1.58. The van der Waals surface area contributed by atoms with Crippen LogP contribution in [-0.2, 0) is 7.05 Å². The van der Waals surface area contributed by atoms with Gasteiger partial charge in [-0.05, 0) is 12.1 Å². The Labute approximate surface area is 95.2 Å². The average Bonchev–Trinajstić information content (AvgIpc) is 2.69. The monoisotopic (exact) mass is 213 g/mol. The van der Waals surface area contributed by atoms with E-state index in [1.807, 2.05) is 42.1 Å². The van der Waals surface area contributed by atoms with Crippen LogP contribution in [-0.4, -0.2) is 16.3 Å². The predicted octanol–water partition coefficient (Wildman–Crippen LogP) is 2.06. The minimum atomic E-state index is 0.547. The van der Waals surface area contributed by atoms with Gasteiger partial charge in [0.1, 0.15) is 0 Å². The highest BCUT2D eigenvalue weighted by Gasteiger charge is 2.03. The molecule has 0 amide bonds. The van der Waals surface area contributed by atoms with Gasteiger partial charge in [0.2, 0.25) is 0 Å². The van der Waals surface area contributed by atoms with Crippen LogP contribution < -0.4 is 5.73 Å². The molecule has 0 aliphatic carbocycles. The summed E-state index contributed by atoms with van der Waals surface area (Å²) in [6.07, 6.45) is 3.91. The summed E-state index contributed by atoms with van der Waals surface area (Å²) in [7, 11) is 1.93. The number of aromatic nitrogens is 2. The zero-order valence-corrected chi connectivity index (χ0v) is 9.30. The maximum Gasteiger partial charge on any atom is 0.0929 e. The summed E-state index contributed by atoms with van der Waals surface area (Å²) in [6, 6.07) is 12.2. The summed E-state index contributed by atoms with van der Waals surface area (Å²) in [5.74, 6) is 0. The van der Waals surface area contributed by atoms with Gasteiger partial charge in [-0.25, -0.2) is 0 Å². The van der Waals surface area contributed by atoms with Crippen molar-refractivity contribution >= 4 is 6.08 Å². The highest BCUT2D eigenvalue weighted by Crippen LogP contribution is 2.18. The van der Waals surface area contributed by atoms with E-state index in [9.17, 15) is 0 Å². The van der Waals surface area contributed by atoms with E-state index in [4.69, 9.17) is 5.73 Å². The van der Waals surface area contributed by atoms with Gasteiger partial charge in [0.05, 0.1) is 11.4 Å². The molecular weight excluding hydrogens is 198 g/mol. The lowest BCUT2D eigenvalue weighted by atomic mass is 10.1. The molecule has 0 fully saturated rings. The third kappa shape index (κ3) is 2.20. The quantitative estimate of drug-likeness (QED) is 0.848. The van der Waals surface area contributed by atoms with Crippen LogP contribution in [0.5, 0.6) is 0 Å². The molecule has 2 rings (SSSR count). The normalized spacial score (nSPS) is 11.1. The van der Waals surface area contributed by atoms with Crippen LogP contribution in [0.1, 0.15) is 5.69 Å². The van der Waals surface area contributed by atoms with Gasteiger partial charge in [0.15, 0.2) is 0 Å². The van der Waals surface area contributed by atoms with E-state index < -0.39 is 0 Å². The molecule has 0 unspecified atom stereocenters. The Morgan fingerprint density at radius 1 is 1.31 bits per heavy atom. The van der Waals surface area contributed by atoms with Crippen molar-refractivity contribution in [3.05, 3.63) is 48.2 Å². The van der Waals surface area contributed by atoms with E-state index >= 15 is 0 Å². The molecule has 2 aromatic rings. The summed E-state index contributed by atoms with van der Waals surface area (Å²) >= 11 is 0. The SMILES string of the molecule is Cn1nc(-c2ccccc2)cc1/C=C/CN. The van der Waals surface area contributed by atoms with Crippen LogP contribution in [0.4, 0.5) is 0 Å². The lowest BCUT2D eigenvalue weighted by Gasteiger charge is -1.93. The topological polar surface area (TPSA) is 43.8 Å². The molecule has 0 aliphatic rings. The summed E-state index contributed by atoms with van der Waals surface area (Å²) in [5.41, 5.74) is 8.60. The number of benzene rings is 1. The Bertz CT molecular complexity index is 483. The standard InChI is InChI=1S/C13H15N3/c1-16-12(8-5-9-14)10-13(15-16)11-6-3-2-4-7-11/h2-8,10H,9,14H2,1H3/b8-5+. The van der Waals surface area contributed by atoms with Crippen molar-refractivity contribution in [2.75, 3.05) is 6.54 Å². The lowest BCUT2D eigenvalue weighted by molar-refractivity contribution is 0.762. The van der Waals surface area contributed by atoms with E-state index in [-0.39, 0.29) is 0 Å². The van der Waals surface area contributed by atoms with Crippen molar-refractivity contribution in [1.82, 2.24) is 9.78 Å². The van der Waals surface area contributed by atoms with Crippen LogP contribution in [0, 0.1) is 0 Å². The molecule has 0 saturated heterocycles. The Morgan fingerprint density at radius 3 is 2.75 bits per heavy atom. The van der Waals surface area contributed by atoms with Gasteiger partial charge in [0, 0.05) is 19.2 Å². The molecule has 0 aliphatic heterocycles. The van der Waals surface area contributed by atoms with Gasteiger partial charge < -0.3 is 5.73 Å². The molecule has 1 heterocycles. The first-order chi connectivity index (χ1) is 7.81. The van der Waals surface area contributed by atoms with Gasteiger partial charge in [0.25, 0.3) is 0 Å². The Hall–Kier alpha value is -1.87. The van der Waals surface area contributed by atoms with Gasteiger partial charge in [-0.1, -0.05) is 36.4 Å². The van der Waals surface area contributed by atoms with E-state index in [0.717, 1.165) is 17.0 Å². The minimum absolute atomic E-state index is 0.547. The third-order valence-electron chi connectivity index (χ3n) is 2.41. The first kappa shape index (κ1) is 10.6. The Kier molecular flexibility index (Phi) is 3.17. The molecule has 1 aromatic carbocycles. The fourth-order valence-electron chi connectivity index (χ4n) is 1.58. The number of aryl methyl sites for hydroxylation is 1. The van der Waals surface area contributed by atoms with Crippen LogP contribution in [0.3, 0.4) is 0 Å². The van der Waals surface area contributed by atoms with E-state index in [1.54, 1.807) is 0 Å². The van der Waals surface area contributed by atoms with Crippen LogP contribution in [0.25, 0.3) is 17.3 Å². The first-order valence-corrected chi connectivity index (χ1v) is 5.27. The number of hydrogen-bond acceptors (Lipinski definition) is 2. The number of hydrogen-bond donors (Lipinski definition) is 1. The first-order valence-electron chi connectivity index (χ1n) is 5.27.